The number of nitrogens with one attached hydrogen (secondary N) is 1. The molecule has 1 unspecified atom stereocenters. The fourth-order valence-corrected chi connectivity index (χ4v) is 2.60. The van der Waals surface area contributed by atoms with E-state index in [0.29, 0.717) is 6.04 Å². The van der Waals surface area contributed by atoms with Crippen LogP contribution in [-0.2, 0) is 6.42 Å². The molecule has 3 nitrogen and oxygen atoms in total. The molecule has 16 heavy (non-hydrogen) atoms. The minimum atomic E-state index is 0.503. The zero-order valence-electron chi connectivity index (χ0n) is 9.61. The van der Waals surface area contributed by atoms with Crippen molar-refractivity contribution in [1.82, 2.24) is 14.7 Å². The standard InChI is InChI=1S/C13H17N3/c1-2-13-15-9-10-5-3-7-12(16(10)13)11-6-4-8-14-11/h3,5,7,9,11,14H,2,4,6,8H2,1H3. The molecule has 1 N–H and O–H groups in total. The fourth-order valence-electron chi connectivity index (χ4n) is 2.60. The first kappa shape index (κ1) is 9.85. The van der Waals surface area contributed by atoms with Gasteiger partial charge in [-0.3, -0.25) is 4.40 Å². The van der Waals surface area contributed by atoms with Crippen LogP contribution in [0, 0.1) is 0 Å². The largest absolute Gasteiger partial charge is 0.309 e. The Hall–Kier alpha value is -1.35. The number of pyridine rings is 1. The van der Waals surface area contributed by atoms with Gasteiger partial charge in [0.05, 0.1) is 11.7 Å². The van der Waals surface area contributed by atoms with Gasteiger partial charge in [0.2, 0.25) is 0 Å². The molecule has 0 saturated carbocycles. The van der Waals surface area contributed by atoms with Gasteiger partial charge in [-0.25, -0.2) is 4.98 Å². The molecule has 0 spiro atoms. The first-order valence-corrected chi connectivity index (χ1v) is 6.09. The predicted molar refractivity (Wildman–Crippen MR) is 64.5 cm³/mol. The van der Waals surface area contributed by atoms with Gasteiger partial charge in [0.1, 0.15) is 5.82 Å². The Labute approximate surface area is 95.5 Å². The van der Waals surface area contributed by atoms with E-state index in [0.717, 1.165) is 13.0 Å². The van der Waals surface area contributed by atoms with Crippen LogP contribution >= 0.6 is 0 Å². The predicted octanol–water partition coefficient (Wildman–Crippen LogP) is 2.32. The van der Waals surface area contributed by atoms with Crippen molar-refractivity contribution < 1.29 is 0 Å². The minimum absolute atomic E-state index is 0.503. The summed E-state index contributed by atoms with van der Waals surface area (Å²) < 4.78 is 2.31. The Balaban J connectivity index is 2.18. The van der Waals surface area contributed by atoms with Crippen molar-refractivity contribution in [3.05, 3.63) is 35.9 Å². The molecule has 2 aromatic rings. The SMILES string of the molecule is CCc1ncc2cccc(C3CCCN3)n12. The van der Waals surface area contributed by atoms with Gasteiger partial charge in [0.25, 0.3) is 0 Å². The lowest BCUT2D eigenvalue weighted by Gasteiger charge is -2.14. The number of aromatic nitrogens is 2. The van der Waals surface area contributed by atoms with Gasteiger partial charge in [-0.2, -0.15) is 0 Å². The molecule has 1 aliphatic heterocycles. The zero-order valence-corrected chi connectivity index (χ0v) is 9.61. The quantitative estimate of drug-likeness (QED) is 0.833. The summed E-state index contributed by atoms with van der Waals surface area (Å²) in [5, 5.41) is 3.56. The average Bonchev–Trinajstić information content (AvgIpc) is 2.97. The molecular weight excluding hydrogens is 198 g/mol. The molecule has 3 heterocycles. The first-order chi connectivity index (χ1) is 7.90. The molecule has 1 aliphatic rings. The third-order valence-corrected chi connectivity index (χ3v) is 3.39. The Morgan fingerprint density at radius 2 is 2.44 bits per heavy atom. The van der Waals surface area contributed by atoms with Crippen LogP contribution in [0.3, 0.4) is 0 Å². The zero-order chi connectivity index (χ0) is 11.0. The van der Waals surface area contributed by atoms with Crippen LogP contribution in [0.5, 0.6) is 0 Å². The lowest BCUT2D eigenvalue weighted by Crippen LogP contribution is -2.16. The highest BCUT2D eigenvalue weighted by atomic mass is 15.1. The van der Waals surface area contributed by atoms with E-state index in [9.17, 15) is 0 Å². The lowest BCUT2D eigenvalue weighted by atomic mass is 10.1. The molecule has 0 aliphatic carbocycles. The second kappa shape index (κ2) is 3.91. The van der Waals surface area contributed by atoms with Crippen molar-refractivity contribution in [2.45, 2.75) is 32.2 Å². The van der Waals surface area contributed by atoms with Crippen molar-refractivity contribution in [3.8, 4) is 0 Å². The van der Waals surface area contributed by atoms with Crippen molar-refractivity contribution in [2.24, 2.45) is 0 Å². The summed E-state index contributed by atoms with van der Waals surface area (Å²) in [7, 11) is 0. The summed E-state index contributed by atoms with van der Waals surface area (Å²) in [5.74, 6) is 1.17. The van der Waals surface area contributed by atoms with E-state index in [4.69, 9.17) is 0 Å². The number of aryl methyl sites for hydroxylation is 1. The second-order valence-corrected chi connectivity index (χ2v) is 4.39. The number of hydrogen-bond acceptors (Lipinski definition) is 2. The van der Waals surface area contributed by atoms with Crippen LogP contribution in [-0.4, -0.2) is 15.9 Å². The molecular formula is C13H17N3. The van der Waals surface area contributed by atoms with Crippen molar-refractivity contribution >= 4 is 5.52 Å². The summed E-state index contributed by atoms with van der Waals surface area (Å²) in [5.41, 5.74) is 2.58. The number of rotatable bonds is 2. The number of imidazole rings is 1. The van der Waals surface area contributed by atoms with Gasteiger partial charge in [-0.05, 0) is 31.5 Å². The van der Waals surface area contributed by atoms with Crippen LogP contribution in [0.2, 0.25) is 0 Å². The lowest BCUT2D eigenvalue weighted by molar-refractivity contribution is 0.614. The van der Waals surface area contributed by atoms with Gasteiger partial charge in [-0.1, -0.05) is 13.0 Å². The van der Waals surface area contributed by atoms with Crippen molar-refractivity contribution in [2.75, 3.05) is 6.54 Å². The maximum Gasteiger partial charge on any atom is 0.113 e. The Bertz CT molecular complexity index is 495. The monoisotopic (exact) mass is 215 g/mol. The maximum absolute atomic E-state index is 4.48. The van der Waals surface area contributed by atoms with Crippen LogP contribution in [0.25, 0.3) is 5.52 Å². The van der Waals surface area contributed by atoms with Crippen LogP contribution in [0.15, 0.2) is 24.4 Å². The van der Waals surface area contributed by atoms with E-state index in [2.05, 4.69) is 39.8 Å². The van der Waals surface area contributed by atoms with E-state index in [-0.39, 0.29) is 0 Å². The summed E-state index contributed by atoms with van der Waals surface area (Å²) in [4.78, 5) is 4.48. The van der Waals surface area contributed by atoms with Gasteiger partial charge in [-0.15, -0.1) is 0 Å². The van der Waals surface area contributed by atoms with E-state index >= 15 is 0 Å². The topological polar surface area (TPSA) is 29.3 Å². The number of fused-ring (bicyclic) bond motifs is 1. The highest BCUT2D eigenvalue weighted by Crippen LogP contribution is 2.24. The molecule has 1 atom stereocenters. The first-order valence-electron chi connectivity index (χ1n) is 6.09. The number of nitrogens with zero attached hydrogens (tertiary/aromatic N) is 2. The second-order valence-electron chi connectivity index (χ2n) is 4.39. The third kappa shape index (κ3) is 1.43. The van der Waals surface area contributed by atoms with Crippen molar-refractivity contribution in [3.63, 3.8) is 0 Å². The molecule has 3 heteroatoms. The van der Waals surface area contributed by atoms with Crippen molar-refractivity contribution in [1.29, 1.82) is 0 Å². The Kier molecular flexibility index (Phi) is 2.40. The Morgan fingerprint density at radius 1 is 1.50 bits per heavy atom. The molecule has 0 radical (unpaired) electrons. The smallest absolute Gasteiger partial charge is 0.113 e. The molecule has 1 saturated heterocycles. The molecule has 2 aromatic heterocycles. The summed E-state index contributed by atoms with van der Waals surface area (Å²) in [6.07, 6.45) is 5.47. The molecule has 84 valence electrons. The summed E-state index contributed by atoms with van der Waals surface area (Å²) in [6, 6.07) is 6.98. The molecule has 3 rings (SSSR count). The van der Waals surface area contributed by atoms with Crippen LogP contribution in [0.4, 0.5) is 0 Å². The van der Waals surface area contributed by atoms with E-state index < -0.39 is 0 Å². The highest BCUT2D eigenvalue weighted by Gasteiger charge is 2.19. The molecule has 1 fully saturated rings. The highest BCUT2D eigenvalue weighted by molar-refractivity contribution is 5.48. The minimum Gasteiger partial charge on any atom is -0.309 e. The molecule has 0 amide bonds. The normalized spacial score (nSPS) is 20.7. The molecule has 0 aromatic carbocycles. The number of hydrogen-bond donors (Lipinski definition) is 1. The van der Waals surface area contributed by atoms with E-state index in [1.165, 1.54) is 29.9 Å². The Morgan fingerprint density at radius 3 is 3.19 bits per heavy atom. The maximum atomic E-state index is 4.48. The van der Waals surface area contributed by atoms with Crippen LogP contribution < -0.4 is 5.32 Å². The van der Waals surface area contributed by atoms with E-state index in [1.807, 2.05) is 6.20 Å². The van der Waals surface area contributed by atoms with Crippen LogP contribution in [0.1, 0.15) is 37.3 Å². The van der Waals surface area contributed by atoms with Gasteiger partial charge >= 0.3 is 0 Å². The average molecular weight is 215 g/mol. The van der Waals surface area contributed by atoms with Gasteiger partial charge in [0, 0.05) is 18.2 Å². The summed E-state index contributed by atoms with van der Waals surface area (Å²) in [6.45, 7) is 3.30. The van der Waals surface area contributed by atoms with Gasteiger partial charge in [0.15, 0.2) is 0 Å². The molecule has 0 bridgehead atoms. The van der Waals surface area contributed by atoms with E-state index in [1.54, 1.807) is 0 Å². The third-order valence-electron chi connectivity index (χ3n) is 3.39. The summed E-state index contributed by atoms with van der Waals surface area (Å²) >= 11 is 0. The van der Waals surface area contributed by atoms with Gasteiger partial charge < -0.3 is 5.32 Å². The fraction of sp³-hybridized carbons (Fsp3) is 0.462.